The number of ketones is 1. The van der Waals surface area contributed by atoms with E-state index in [1.54, 1.807) is 5.57 Å². The Morgan fingerprint density at radius 1 is 1.07 bits per heavy atom. The van der Waals surface area contributed by atoms with Gasteiger partial charge in [-0.05, 0) is 90.7 Å². The summed E-state index contributed by atoms with van der Waals surface area (Å²) in [7, 11) is 1.95. The van der Waals surface area contributed by atoms with Crippen molar-refractivity contribution in [3.8, 4) is 0 Å². The van der Waals surface area contributed by atoms with Crippen LogP contribution in [0.5, 0.6) is 0 Å². The minimum Gasteiger partial charge on any atom is -0.393 e. The van der Waals surface area contributed by atoms with Crippen LogP contribution in [0.4, 0.5) is 5.69 Å². The van der Waals surface area contributed by atoms with Crippen LogP contribution in [-0.2, 0) is 4.79 Å². The average Bonchev–Trinajstić information content (AvgIpc) is 3.01. The quantitative estimate of drug-likeness (QED) is 0.763. The fourth-order valence-electron chi connectivity index (χ4n) is 6.81. The summed E-state index contributed by atoms with van der Waals surface area (Å²) >= 11 is 0. The lowest BCUT2D eigenvalue weighted by atomic mass is 9.53. The van der Waals surface area contributed by atoms with Crippen molar-refractivity contribution in [1.29, 1.82) is 0 Å². The Kier molecular flexibility index (Phi) is 4.28. The zero-order chi connectivity index (χ0) is 19.5. The van der Waals surface area contributed by atoms with Gasteiger partial charge in [0.05, 0.1) is 6.10 Å². The van der Waals surface area contributed by atoms with Gasteiger partial charge < -0.3 is 10.4 Å². The first kappa shape index (κ1) is 18.2. The van der Waals surface area contributed by atoms with E-state index in [0.717, 1.165) is 44.2 Å². The normalized spacial score (nSPS) is 37.1. The Balaban J connectivity index is 1.66. The molecule has 0 saturated heterocycles. The second-order valence-corrected chi connectivity index (χ2v) is 9.55. The van der Waals surface area contributed by atoms with Gasteiger partial charge in [-0.1, -0.05) is 24.6 Å². The highest BCUT2D eigenvalue weighted by Gasteiger charge is 2.56. The molecule has 148 valence electrons. The van der Waals surface area contributed by atoms with E-state index in [1.807, 2.05) is 13.1 Å². The molecule has 0 aliphatic heterocycles. The first-order valence-corrected chi connectivity index (χ1v) is 10.9. The van der Waals surface area contributed by atoms with Crippen molar-refractivity contribution in [2.45, 2.75) is 63.9 Å². The van der Waals surface area contributed by atoms with Crippen molar-refractivity contribution in [1.82, 2.24) is 0 Å². The van der Waals surface area contributed by atoms with E-state index < -0.39 is 0 Å². The maximum atomic E-state index is 12.0. The number of nitrogens with one attached hydrogen (secondary N) is 1. The number of hydrogen-bond donors (Lipinski definition) is 2. The lowest BCUT2D eigenvalue weighted by Crippen LogP contribution is -2.45. The van der Waals surface area contributed by atoms with Gasteiger partial charge >= 0.3 is 0 Å². The summed E-state index contributed by atoms with van der Waals surface area (Å²) in [6, 6.07) is 8.86. The fourth-order valence-corrected chi connectivity index (χ4v) is 6.81. The lowest BCUT2D eigenvalue weighted by Gasteiger charge is -2.52. The van der Waals surface area contributed by atoms with Crippen molar-refractivity contribution in [3.63, 3.8) is 0 Å². The highest BCUT2D eigenvalue weighted by atomic mass is 16.3. The second-order valence-electron chi connectivity index (χ2n) is 9.55. The molecule has 4 aliphatic rings. The molecule has 1 aromatic rings. The monoisotopic (exact) mass is 377 g/mol. The molecule has 1 aromatic carbocycles. The van der Waals surface area contributed by atoms with Crippen LogP contribution in [0.15, 0.2) is 47.1 Å². The third-order valence-electron chi connectivity index (χ3n) is 8.28. The van der Waals surface area contributed by atoms with Gasteiger partial charge in [0.25, 0.3) is 0 Å². The Labute approximate surface area is 167 Å². The van der Waals surface area contributed by atoms with Gasteiger partial charge in [-0.3, -0.25) is 4.79 Å². The van der Waals surface area contributed by atoms with Crippen LogP contribution >= 0.6 is 0 Å². The molecule has 5 rings (SSSR count). The van der Waals surface area contributed by atoms with Crippen molar-refractivity contribution >= 4 is 11.5 Å². The van der Waals surface area contributed by atoms with Crippen molar-refractivity contribution < 1.29 is 9.90 Å². The molecule has 0 spiro atoms. The third-order valence-corrected chi connectivity index (χ3v) is 8.28. The molecule has 3 heteroatoms. The molecule has 2 saturated carbocycles. The van der Waals surface area contributed by atoms with E-state index in [1.165, 1.54) is 16.7 Å². The first-order valence-electron chi connectivity index (χ1n) is 10.9. The summed E-state index contributed by atoms with van der Waals surface area (Å²) < 4.78 is 0. The lowest BCUT2D eigenvalue weighted by molar-refractivity contribution is -0.114. The fraction of sp³-hybridized carbons (Fsp3) is 0.560. The van der Waals surface area contributed by atoms with Gasteiger partial charge in [0, 0.05) is 25.1 Å². The van der Waals surface area contributed by atoms with Crippen LogP contribution in [0.1, 0.15) is 63.4 Å². The molecular formula is C25H31NO2. The molecule has 2 N–H and O–H groups in total. The van der Waals surface area contributed by atoms with E-state index in [2.05, 4.69) is 36.5 Å². The number of carbonyl (C=O) groups excluding carboxylic acids is 1. The number of anilines is 1. The van der Waals surface area contributed by atoms with Crippen LogP contribution < -0.4 is 5.32 Å². The Bertz CT molecular complexity index is 865. The largest absolute Gasteiger partial charge is 0.393 e. The minimum absolute atomic E-state index is 0.00672. The molecule has 0 heterocycles. The number of allylic oxidation sites excluding steroid dienone is 4. The topological polar surface area (TPSA) is 49.3 Å². The summed E-state index contributed by atoms with van der Waals surface area (Å²) in [5.74, 6) is 1.80. The number of hydrogen-bond acceptors (Lipinski definition) is 3. The highest BCUT2D eigenvalue weighted by molar-refractivity contribution is 5.93. The van der Waals surface area contributed by atoms with Crippen LogP contribution in [-0.4, -0.2) is 24.0 Å². The SMILES string of the molecule is CNc1ccc([C@H]2C[C@]3(C)[C@@H](O)CC[C@H]3[C@@H]3CCC4=CC(=O)CCC4=C32)cc1. The van der Waals surface area contributed by atoms with Gasteiger partial charge in [-0.25, -0.2) is 0 Å². The van der Waals surface area contributed by atoms with Gasteiger partial charge in [-0.15, -0.1) is 0 Å². The number of aliphatic hydroxyl groups is 1. The van der Waals surface area contributed by atoms with E-state index in [-0.39, 0.29) is 11.5 Å². The maximum absolute atomic E-state index is 12.0. The molecule has 2 fully saturated rings. The van der Waals surface area contributed by atoms with Crippen molar-refractivity contribution in [2.24, 2.45) is 17.3 Å². The molecule has 0 unspecified atom stereocenters. The third kappa shape index (κ3) is 2.62. The van der Waals surface area contributed by atoms with Gasteiger partial charge in [-0.2, -0.15) is 0 Å². The maximum Gasteiger partial charge on any atom is 0.156 e. The van der Waals surface area contributed by atoms with Crippen LogP contribution in [0.2, 0.25) is 0 Å². The van der Waals surface area contributed by atoms with E-state index in [0.29, 0.717) is 30.0 Å². The van der Waals surface area contributed by atoms with Crippen molar-refractivity contribution in [3.05, 3.63) is 52.6 Å². The number of benzene rings is 1. The zero-order valence-corrected chi connectivity index (χ0v) is 17.0. The minimum atomic E-state index is -0.187. The van der Waals surface area contributed by atoms with E-state index in [4.69, 9.17) is 0 Å². The van der Waals surface area contributed by atoms with E-state index in [9.17, 15) is 9.90 Å². The summed E-state index contributed by atoms with van der Waals surface area (Å²) in [6.45, 7) is 2.33. The van der Waals surface area contributed by atoms with Gasteiger partial charge in [0.15, 0.2) is 5.78 Å². The first-order chi connectivity index (χ1) is 13.5. The molecule has 0 aromatic heterocycles. The smallest absolute Gasteiger partial charge is 0.156 e. The standard InChI is InChI=1S/C25H31NO2/c1-25-14-21(15-3-6-17(26-2)7-4-15)24-19-10-8-18(27)13-16(19)5-9-20(24)22(25)11-12-23(25)28/h3-4,6-7,13,20-23,26,28H,5,8-12,14H2,1-2H3/t20-,21+,22-,23-,25-/m0/s1. The number of rotatable bonds is 2. The Morgan fingerprint density at radius 2 is 1.86 bits per heavy atom. The number of fused-ring (bicyclic) bond motifs is 4. The number of carbonyl (C=O) groups is 1. The molecular weight excluding hydrogens is 346 g/mol. The summed E-state index contributed by atoms with van der Waals surface area (Å²) in [5.41, 5.74) is 6.91. The average molecular weight is 378 g/mol. The van der Waals surface area contributed by atoms with Gasteiger partial charge in [0.2, 0.25) is 0 Å². The molecule has 3 nitrogen and oxygen atoms in total. The molecule has 5 atom stereocenters. The van der Waals surface area contributed by atoms with Gasteiger partial charge in [0.1, 0.15) is 0 Å². The Hall–Kier alpha value is -1.87. The summed E-state index contributed by atoms with van der Waals surface area (Å²) in [5, 5.41) is 14.1. The Morgan fingerprint density at radius 3 is 2.61 bits per heavy atom. The molecule has 4 aliphatic carbocycles. The zero-order valence-electron chi connectivity index (χ0n) is 17.0. The molecule has 0 bridgehead atoms. The number of aliphatic hydroxyl groups excluding tert-OH is 1. The summed E-state index contributed by atoms with van der Waals surface area (Å²) in [6.07, 6.45) is 8.58. The van der Waals surface area contributed by atoms with Crippen LogP contribution in [0.3, 0.4) is 0 Å². The predicted molar refractivity (Wildman–Crippen MR) is 112 cm³/mol. The summed E-state index contributed by atoms with van der Waals surface area (Å²) in [4.78, 5) is 12.0. The van der Waals surface area contributed by atoms with Crippen molar-refractivity contribution in [2.75, 3.05) is 12.4 Å². The van der Waals surface area contributed by atoms with E-state index >= 15 is 0 Å². The predicted octanol–water partition coefficient (Wildman–Crippen LogP) is 4.99. The van der Waals surface area contributed by atoms with Crippen LogP contribution in [0.25, 0.3) is 0 Å². The highest BCUT2D eigenvalue weighted by Crippen LogP contribution is 2.63. The van der Waals surface area contributed by atoms with Crippen LogP contribution in [0, 0.1) is 17.3 Å². The second kappa shape index (κ2) is 6.59. The molecule has 0 amide bonds. The molecule has 28 heavy (non-hydrogen) atoms. The molecule has 0 radical (unpaired) electrons.